The molecule has 92 valence electrons. The third kappa shape index (κ3) is 3.59. The van der Waals surface area contributed by atoms with Crippen LogP contribution < -0.4 is 10.1 Å². The molecule has 0 aliphatic rings. The number of anilines is 1. The van der Waals surface area contributed by atoms with Gasteiger partial charge in [-0.3, -0.25) is 4.79 Å². The van der Waals surface area contributed by atoms with E-state index >= 15 is 0 Å². The highest BCUT2D eigenvalue weighted by atomic mass is 16.5. The van der Waals surface area contributed by atoms with Crippen LogP contribution in [-0.4, -0.2) is 17.5 Å². The van der Waals surface area contributed by atoms with Crippen molar-refractivity contribution in [1.29, 1.82) is 0 Å². The number of carbonyl (C=O) groups excluding carboxylic acids is 1. The van der Waals surface area contributed by atoms with Gasteiger partial charge in [-0.15, -0.1) is 0 Å². The molecular formula is C14H14N2O2. The summed E-state index contributed by atoms with van der Waals surface area (Å²) in [6.07, 6.45) is 1.66. The molecule has 18 heavy (non-hydrogen) atoms. The van der Waals surface area contributed by atoms with Crippen molar-refractivity contribution in [2.24, 2.45) is 0 Å². The van der Waals surface area contributed by atoms with Crippen LogP contribution in [0.5, 0.6) is 5.75 Å². The smallest absolute Gasteiger partial charge is 0.263 e. The Kier molecular flexibility index (Phi) is 3.91. The number of hydrogen-bond donors (Lipinski definition) is 1. The van der Waals surface area contributed by atoms with Crippen LogP contribution in [0.1, 0.15) is 5.56 Å². The molecule has 2 rings (SSSR count). The van der Waals surface area contributed by atoms with Crippen LogP contribution >= 0.6 is 0 Å². The lowest BCUT2D eigenvalue weighted by atomic mass is 10.3. The number of pyridine rings is 1. The molecule has 1 aromatic heterocycles. The highest BCUT2D eigenvalue weighted by Crippen LogP contribution is 2.09. The molecule has 1 amide bonds. The fraction of sp³-hybridized carbons (Fsp3) is 0.143. The fourth-order valence-electron chi connectivity index (χ4n) is 1.45. The Morgan fingerprint density at radius 3 is 2.78 bits per heavy atom. The normalized spacial score (nSPS) is 9.83. The zero-order valence-electron chi connectivity index (χ0n) is 10.1. The van der Waals surface area contributed by atoms with Crippen molar-refractivity contribution < 1.29 is 9.53 Å². The minimum absolute atomic E-state index is 0.0281. The van der Waals surface area contributed by atoms with Crippen LogP contribution in [0, 0.1) is 6.92 Å². The molecule has 0 unspecified atom stereocenters. The second-order valence-electron chi connectivity index (χ2n) is 3.87. The summed E-state index contributed by atoms with van der Waals surface area (Å²) in [7, 11) is 0. The van der Waals surface area contributed by atoms with Gasteiger partial charge >= 0.3 is 0 Å². The average Bonchev–Trinajstić information content (AvgIpc) is 2.38. The van der Waals surface area contributed by atoms with E-state index in [0.717, 1.165) is 5.56 Å². The van der Waals surface area contributed by atoms with E-state index in [1.54, 1.807) is 24.4 Å². The third-order valence-corrected chi connectivity index (χ3v) is 2.30. The molecule has 0 spiro atoms. The number of nitrogens with zero attached hydrogens (tertiary/aromatic N) is 1. The van der Waals surface area contributed by atoms with E-state index < -0.39 is 0 Å². The Morgan fingerprint density at radius 1 is 1.28 bits per heavy atom. The third-order valence-electron chi connectivity index (χ3n) is 2.30. The van der Waals surface area contributed by atoms with Crippen molar-refractivity contribution >= 4 is 11.7 Å². The van der Waals surface area contributed by atoms with Crippen LogP contribution in [0.4, 0.5) is 5.82 Å². The first-order chi connectivity index (χ1) is 8.74. The molecule has 0 atom stereocenters. The number of benzene rings is 1. The second-order valence-corrected chi connectivity index (χ2v) is 3.87. The molecule has 2 aromatic rings. The Bertz CT molecular complexity index is 526. The van der Waals surface area contributed by atoms with Crippen LogP contribution in [-0.2, 0) is 4.79 Å². The number of rotatable bonds is 4. The van der Waals surface area contributed by atoms with Crippen LogP contribution in [0.3, 0.4) is 0 Å². The quantitative estimate of drug-likeness (QED) is 0.895. The first-order valence-electron chi connectivity index (χ1n) is 5.64. The van der Waals surface area contributed by atoms with Crippen molar-refractivity contribution in [1.82, 2.24) is 4.98 Å². The van der Waals surface area contributed by atoms with E-state index in [-0.39, 0.29) is 12.5 Å². The van der Waals surface area contributed by atoms with E-state index in [1.807, 2.05) is 31.2 Å². The number of carbonyl (C=O) groups is 1. The Balaban J connectivity index is 1.86. The van der Waals surface area contributed by atoms with Crippen molar-refractivity contribution in [3.63, 3.8) is 0 Å². The van der Waals surface area contributed by atoms with Crippen LogP contribution in [0.2, 0.25) is 0 Å². The first-order valence-corrected chi connectivity index (χ1v) is 5.64. The lowest BCUT2D eigenvalue weighted by Gasteiger charge is -2.07. The highest BCUT2D eigenvalue weighted by Gasteiger charge is 2.04. The summed E-state index contributed by atoms with van der Waals surface area (Å²) in [5, 5.41) is 2.68. The number of para-hydroxylation sites is 1. The van der Waals surface area contributed by atoms with Gasteiger partial charge in [0.25, 0.3) is 5.91 Å². The summed E-state index contributed by atoms with van der Waals surface area (Å²) in [6, 6.07) is 12.9. The zero-order chi connectivity index (χ0) is 12.8. The van der Waals surface area contributed by atoms with E-state index in [0.29, 0.717) is 11.6 Å². The summed E-state index contributed by atoms with van der Waals surface area (Å²) in [5.74, 6) is 0.985. The number of aryl methyl sites for hydroxylation is 1. The van der Waals surface area contributed by atoms with Crippen molar-refractivity contribution in [3.05, 3.63) is 54.2 Å². The summed E-state index contributed by atoms with van der Waals surface area (Å²) >= 11 is 0. The summed E-state index contributed by atoms with van der Waals surface area (Å²) in [6.45, 7) is 1.91. The van der Waals surface area contributed by atoms with Crippen molar-refractivity contribution in [2.45, 2.75) is 6.92 Å². The van der Waals surface area contributed by atoms with E-state index in [2.05, 4.69) is 10.3 Å². The molecule has 1 heterocycles. The van der Waals surface area contributed by atoms with E-state index in [9.17, 15) is 4.79 Å². The zero-order valence-corrected chi connectivity index (χ0v) is 10.1. The Hall–Kier alpha value is -2.36. The van der Waals surface area contributed by atoms with Crippen LogP contribution in [0.25, 0.3) is 0 Å². The standard InChI is InChI=1S/C14H14N2O2/c1-11-7-8-15-13(9-11)16-14(17)10-18-12-5-3-2-4-6-12/h2-9H,10H2,1H3,(H,15,16,17). The van der Waals surface area contributed by atoms with Crippen molar-refractivity contribution in [2.75, 3.05) is 11.9 Å². The molecule has 0 radical (unpaired) electrons. The van der Waals surface area contributed by atoms with Gasteiger partial charge in [-0.2, -0.15) is 0 Å². The molecule has 0 aliphatic carbocycles. The molecule has 0 saturated carbocycles. The topological polar surface area (TPSA) is 51.2 Å². The van der Waals surface area contributed by atoms with Gasteiger partial charge < -0.3 is 10.1 Å². The van der Waals surface area contributed by atoms with Gasteiger partial charge in [0.2, 0.25) is 0 Å². The number of nitrogens with one attached hydrogen (secondary N) is 1. The average molecular weight is 242 g/mol. The number of hydrogen-bond acceptors (Lipinski definition) is 3. The van der Waals surface area contributed by atoms with Gasteiger partial charge in [0.05, 0.1) is 0 Å². The maximum atomic E-state index is 11.6. The predicted octanol–water partition coefficient (Wildman–Crippen LogP) is 2.41. The second kappa shape index (κ2) is 5.82. The van der Waals surface area contributed by atoms with Gasteiger partial charge in [0.1, 0.15) is 11.6 Å². The molecule has 0 fully saturated rings. The molecule has 1 aromatic carbocycles. The molecule has 4 nitrogen and oxygen atoms in total. The fourth-order valence-corrected chi connectivity index (χ4v) is 1.45. The SMILES string of the molecule is Cc1ccnc(NC(=O)COc2ccccc2)c1. The Labute approximate surface area is 106 Å². The largest absolute Gasteiger partial charge is 0.484 e. The summed E-state index contributed by atoms with van der Waals surface area (Å²) in [5.41, 5.74) is 1.05. The molecule has 4 heteroatoms. The number of amides is 1. The van der Waals surface area contributed by atoms with Gasteiger partial charge in [-0.05, 0) is 36.8 Å². The van der Waals surface area contributed by atoms with Crippen LogP contribution in [0.15, 0.2) is 48.7 Å². The minimum Gasteiger partial charge on any atom is -0.484 e. The summed E-state index contributed by atoms with van der Waals surface area (Å²) < 4.78 is 5.33. The van der Waals surface area contributed by atoms with Gasteiger partial charge in [0, 0.05) is 6.20 Å². The highest BCUT2D eigenvalue weighted by molar-refractivity contribution is 5.90. The number of aromatic nitrogens is 1. The van der Waals surface area contributed by atoms with Gasteiger partial charge in [-0.25, -0.2) is 4.98 Å². The molecule has 0 saturated heterocycles. The maximum Gasteiger partial charge on any atom is 0.263 e. The molecular weight excluding hydrogens is 228 g/mol. The summed E-state index contributed by atoms with van der Waals surface area (Å²) in [4.78, 5) is 15.7. The lowest BCUT2D eigenvalue weighted by Crippen LogP contribution is -2.20. The molecule has 0 bridgehead atoms. The maximum absolute atomic E-state index is 11.6. The number of ether oxygens (including phenoxy) is 1. The Morgan fingerprint density at radius 2 is 2.06 bits per heavy atom. The lowest BCUT2D eigenvalue weighted by molar-refractivity contribution is -0.118. The van der Waals surface area contributed by atoms with Crippen molar-refractivity contribution in [3.8, 4) is 5.75 Å². The molecule has 1 N–H and O–H groups in total. The predicted molar refractivity (Wildman–Crippen MR) is 69.5 cm³/mol. The van der Waals surface area contributed by atoms with E-state index in [4.69, 9.17) is 4.74 Å². The monoisotopic (exact) mass is 242 g/mol. The minimum atomic E-state index is -0.225. The first kappa shape index (κ1) is 12.1. The van der Waals surface area contributed by atoms with Gasteiger partial charge in [-0.1, -0.05) is 18.2 Å². The van der Waals surface area contributed by atoms with Gasteiger partial charge in [0.15, 0.2) is 6.61 Å². The molecule has 0 aliphatic heterocycles. The van der Waals surface area contributed by atoms with E-state index in [1.165, 1.54) is 0 Å².